The van der Waals surface area contributed by atoms with Crippen molar-refractivity contribution in [3.8, 4) is 22.1 Å². The maximum atomic E-state index is 11.7. The van der Waals surface area contributed by atoms with Crippen molar-refractivity contribution in [2.75, 3.05) is 13.7 Å². The second kappa shape index (κ2) is 6.55. The normalized spacial score (nSPS) is 10.3. The van der Waals surface area contributed by atoms with Crippen LogP contribution in [0.3, 0.4) is 0 Å². The molecule has 0 fully saturated rings. The third-order valence-corrected chi connectivity index (χ3v) is 4.04. The summed E-state index contributed by atoms with van der Waals surface area (Å²) < 4.78 is 11.0. The van der Waals surface area contributed by atoms with Crippen LogP contribution in [-0.4, -0.2) is 24.6 Å². The van der Waals surface area contributed by atoms with Crippen LogP contribution in [0.4, 0.5) is 0 Å². The summed E-state index contributed by atoms with van der Waals surface area (Å²) in [6.07, 6.45) is 0. The minimum atomic E-state index is -0.350. The second-order valence-electron chi connectivity index (χ2n) is 4.18. The third kappa shape index (κ3) is 2.98. The minimum absolute atomic E-state index is 0.350. The predicted molar refractivity (Wildman–Crippen MR) is 81.7 cm³/mol. The summed E-state index contributed by atoms with van der Waals surface area (Å²) >= 11 is 1.27. The first kappa shape index (κ1) is 15.3. The average Bonchev–Trinajstić information content (AvgIpc) is 2.88. The molecule has 1 amide bonds. The van der Waals surface area contributed by atoms with E-state index in [1.807, 2.05) is 25.1 Å². The number of thiazole rings is 1. The van der Waals surface area contributed by atoms with Crippen molar-refractivity contribution < 1.29 is 14.3 Å². The standard InChI is InChI=1S/C14H17N3O3S/c1-4-20-11-9(6-5-7-10(11)19-3)14-16-8(2)12(21-14)13(18)17-15/h5-7H,4,15H2,1-3H3,(H,17,18). The van der Waals surface area contributed by atoms with E-state index in [-0.39, 0.29) is 5.91 Å². The number of hydrogen-bond acceptors (Lipinski definition) is 6. The van der Waals surface area contributed by atoms with Gasteiger partial charge < -0.3 is 9.47 Å². The molecule has 0 unspecified atom stereocenters. The van der Waals surface area contributed by atoms with Crippen LogP contribution in [0.25, 0.3) is 10.6 Å². The number of ether oxygens (including phenoxy) is 2. The zero-order valence-electron chi connectivity index (χ0n) is 12.1. The maximum absolute atomic E-state index is 11.7. The fourth-order valence-corrected chi connectivity index (χ4v) is 2.92. The topological polar surface area (TPSA) is 86.5 Å². The highest BCUT2D eigenvalue weighted by molar-refractivity contribution is 7.17. The van der Waals surface area contributed by atoms with Crippen molar-refractivity contribution in [2.24, 2.45) is 5.84 Å². The van der Waals surface area contributed by atoms with Crippen LogP contribution in [0.15, 0.2) is 18.2 Å². The number of nitrogen functional groups attached to an aromatic ring is 1. The van der Waals surface area contributed by atoms with Gasteiger partial charge in [0.1, 0.15) is 9.88 Å². The van der Waals surface area contributed by atoms with Gasteiger partial charge in [-0.15, -0.1) is 11.3 Å². The van der Waals surface area contributed by atoms with Crippen LogP contribution in [0.2, 0.25) is 0 Å². The number of aryl methyl sites for hydroxylation is 1. The number of nitrogens with two attached hydrogens (primary N) is 1. The SMILES string of the molecule is CCOc1c(OC)cccc1-c1nc(C)c(C(=O)NN)s1. The fourth-order valence-electron chi connectivity index (χ4n) is 1.93. The molecule has 0 atom stereocenters. The van der Waals surface area contributed by atoms with E-state index in [1.54, 1.807) is 14.0 Å². The molecule has 0 radical (unpaired) electrons. The molecule has 0 saturated carbocycles. The molecule has 21 heavy (non-hydrogen) atoms. The van der Waals surface area contributed by atoms with Gasteiger partial charge in [-0.05, 0) is 26.0 Å². The van der Waals surface area contributed by atoms with Crippen LogP contribution < -0.4 is 20.7 Å². The number of carbonyl (C=O) groups is 1. The van der Waals surface area contributed by atoms with E-state index in [1.165, 1.54) is 11.3 Å². The lowest BCUT2D eigenvalue weighted by molar-refractivity contribution is 0.0957. The zero-order chi connectivity index (χ0) is 15.4. The summed E-state index contributed by atoms with van der Waals surface area (Å²) in [4.78, 5) is 16.6. The Morgan fingerprint density at radius 3 is 2.86 bits per heavy atom. The van der Waals surface area contributed by atoms with Crippen molar-refractivity contribution in [1.82, 2.24) is 10.4 Å². The molecular weight excluding hydrogens is 290 g/mol. The first-order valence-corrected chi connectivity index (χ1v) is 7.22. The third-order valence-electron chi connectivity index (χ3n) is 2.85. The van der Waals surface area contributed by atoms with Gasteiger partial charge in [0, 0.05) is 0 Å². The molecule has 112 valence electrons. The van der Waals surface area contributed by atoms with Gasteiger partial charge in [0.2, 0.25) is 0 Å². The number of rotatable bonds is 5. The number of hydrazine groups is 1. The molecule has 0 saturated heterocycles. The summed E-state index contributed by atoms with van der Waals surface area (Å²) in [6, 6.07) is 5.56. The van der Waals surface area contributed by atoms with E-state index in [4.69, 9.17) is 15.3 Å². The zero-order valence-corrected chi connectivity index (χ0v) is 12.9. The first-order chi connectivity index (χ1) is 10.1. The van der Waals surface area contributed by atoms with Crippen molar-refractivity contribution in [2.45, 2.75) is 13.8 Å². The van der Waals surface area contributed by atoms with E-state index >= 15 is 0 Å². The highest BCUT2D eigenvalue weighted by Gasteiger charge is 2.19. The number of aromatic nitrogens is 1. The molecule has 2 aromatic rings. The minimum Gasteiger partial charge on any atom is -0.493 e. The van der Waals surface area contributed by atoms with Gasteiger partial charge in [-0.3, -0.25) is 10.2 Å². The molecule has 0 aliphatic carbocycles. The van der Waals surface area contributed by atoms with Gasteiger partial charge in [0.15, 0.2) is 11.5 Å². The summed E-state index contributed by atoms with van der Waals surface area (Å²) in [5.74, 6) is 6.08. The average molecular weight is 307 g/mol. The molecule has 0 spiro atoms. The summed E-state index contributed by atoms with van der Waals surface area (Å²) in [5.41, 5.74) is 3.54. The monoisotopic (exact) mass is 307 g/mol. The second-order valence-corrected chi connectivity index (χ2v) is 5.18. The summed E-state index contributed by atoms with van der Waals surface area (Å²) in [7, 11) is 1.59. The van der Waals surface area contributed by atoms with Crippen molar-refractivity contribution in [1.29, 1.82) is 0 Å². The highest BCUT2D eigenvalue weighted by atomic mass is 32.1. The number of nitrogens with zero attached hydrogens (tertiary/aromatic N) is 1. The van der Waals surface area contributed by atoms with E-state index in [0.717, 1.165) is 5.56 Å². The van der Waals surface area contributed by atoms with Crippen molar-refractivity contribution in [3.63, 3.8) is 0 Å². The van der Waals surface area contributed by atoms with Gasteiger partial charge in [0.05, 0.1) is 25.0 Å². The van der Waals surface area contributed by atoms with Crippen molar-refractivity contribution >= 4 is 17.2 Å². The van der Waals surface area contributed by atoms with Crippen LogP contribution >= 0.6 is 11.3 Å². The number of hydrogen-bond donors (Lipinski definition) is 2. The molecule has 0 aliphatic rings. The Morgan fingerprint density at radius 1 is 1.48 bits per heavy atom. The highest BCUT2D eigenvalue weighted by Crippen LogP contribution is 2.40. The number of carbonyl (C=O) groups excluding carboxylic acids is 1. The molecule has 6 nitrogen and oxygen atoms in total. The molecule has 1 aromatic heterocycles. The number of nitrogens with one attached hydrogen (secondary N) is 1. The Labute approximate surface area is 126 Å². The van der Waals surface area contributed by atoms with Gasteiger partial charge in [-0.25, -0.2) is 10.8 Å². The molecule has 3 N–H and O–H groups in total. The molecule has 0 bridgehead atoms. The van der Waals surface area contributed by atoms with Gasteiger partial charge in [-0.1, -0.05) is 6.07 Å². The number of amides is 1. The number of para-hydroxylation sites is 1. The van der Waals surface area contributed by atoms with Crippen LogP contribution in [0, 0.1) is 6.92 Å². The van der Waals surface area contributed by atoms with E-state index < -0.39 is 0 Å². The fraction of sp³-hybridized carbons (Fsp3) is 0.286. The number of methoxy groups -OCH3 is 1. The Bertz CT molecular complexity index is 655. The van der Waals surface area contributed by atoms with Gasteiger partial charge in [0.25, 0.3) is 5.91 Å². The molecule has 0 aliphatic heterocycles. The Balaban J connectivity index is 2.54. The lowest BCUT2D eigenvalue weighted by atomic mass is 10.2. The lowest BCUT2D eigenvalue weighted by Crippen LogP contribution is -2.29. The Hall–Kier alpha value is -2.12. The smallest absolute Gasteiger partial charge is 0.277 e. The van der Waals surface area contributed by atoms with Crippen LogP contribution in [-0.2, 0) is 0 Å². The van der Waals surface area contributed by atoms with Crippen LogP contribution in [0.5, 0.6) is 11.5 Å². The van der Waals surface area contributed by atoms with E-state index in [9.17, 15) is 4.79 Å². The van der Waals surface area contributed by atoms with Gasteiger partial charge >= 0.3 is 0 Å². The Kier molecular flexibility index (Phi) is 4.77. The van der Waals surface area contributed by atoms with Crippen LogP contribution in [0.1, 0.15) is 22.3 Å². The van der Waals surface area contributed by atoms with E-state index in [0.29, 0.717) is 33.7 Å². The predicted octanol–water partition coefficient (Wildman–Crippen LogP) is 2.13. The quantitative estimate of drug-likeness (QED) is 0.502. The van der Waals surface area contributed by atoms with E-state index in [2.05, 4.69) is 10.4 Å². The summed E-state index contributed by atoms with van der Waals surface area (Å²) in [6.45, 7) is 4.18. The molecule has 1 aromatic carbocycles. The van der Waals surface area contributed by atoms with Crippen molar-refractivity contribution in [3.05, 3.63) is 28.8 Å². The number of benzene rings is 1. The Morgan fingerprint density at radius 2 is 2.24 bits per heavy atom. The van der Waals surface area contributed by atoms with Gasteiger partial charge in [-0.2, -0.15) is 0 Å². The maximum Gasteiger partial charge on any atom is 0.277 e. The lowest BCUT2D eigenvalue weighted by Gasteiger charge is -2.12. The molecule has 1 heterocycles. The molecule has 2 rings (SSSR count). The summed E-state index contributed by atoms with van der Waals surface area (Å²) in [5, 5.41) is 0.688. The first-order valence-electron chi connectivity index (χ1n) is 6.40. The molecule has 7 heteroatoms. The largest absolute Gasteiger partial charge is 0.493 e. The molecular formula is C14H17N3O3S.